The van der Waals surface area contributed by atoms with Crippen LogP contribution in [0.4, 0.5) is 0 Å². The van der Waals surface area contributed by atoms with Crippen molar-refractivity contribution in [1.82, 2.24) is 10.3 Å². The van der Waals surface area contributed by atoms with Crippen LogP contribution in [0.3, 0.4) is 0 Å². The Morgan fingerprint density at radius 2 is 1.70 bits per heavy atom. The second-order valence-electron chi connectivity index (χ2n) is 9.22. The second kappa shape index (κ2) is 7.35. The molecule has 1 aromatic heterocycles. The molecule has 5 heteroatoms. The number of hydrogen-bond donors (Lipinski definition) is 1. The van der Waals surface area contributed by atoms with Crippen molar-refractivity contribution in [1.29, 1.82) is 0 Å². The minimum Gasteiger partial charge on any atom is -0.347 e. The van der Waals surface area contributed by atoms with E-state index in [0.717, 1.165) is 40.2 Å². The van der Waals surface area contributed by atoms with Gasteiger partial charge in [0.1, 0.15) is 0 Å². The van der Waals surface area contributed by atoms with Crippen molar-refractivity contribution in [3.05, 3.63) is 63.6 Å². The first-order chi connectivity index (χ1) is 14.4. The number of halogens is 2. The number of amides is 1. The molecule has 0 unspecified atom stereocenters. The van der Waals surface area contributed by atoms with Gasteiger partial charge in [0.05, 0.1) is 21.8 Å². The summed E-state index contributed by atoms with van der Waals surface area (Å²) in [7, 11) is 0. The van der Waals surface area contributed by atoms with Crippen LogP contribution in [-0.2, 0) is 0 Å². The van der Waals surface area contributed by atoms with E-state index in [4.69, 9.17) is 16.6 Å². The lowest BCUT2D eigenvalue weighted by Gasteiger charge is -2.52. The first kappa shape index (κ1) is 20.0. The third-order valence-electron chi connectivity index (χ3n) is 7.16. The summed E-state index contributed by atoms with van der Waals surface area (Å²) in [6.07, 6.45) is 6.68. The number of carbonyl (C=O) groups excluding carboxylic acids is 1. The minimum atomic E-state index is -0.104. The number of rotatable bonds is 3. The highest BCUT2D eigenvalue weighted by molar-refractivity contribution is 9.10. The van der Waals surface area contributed by atoms with E-state index in [2.05, 4.69) is 28.2 Å². The molecule has 1 heterocycles. The lowest BCUT2D eigenvalue weighted by Crippen LogP contribution is -2.56. The molecule has 0 aliphatic heterocycles. The molecule has 6 rings (SSSR count). The Balaban J connectivity index is 1.61. The van der Waals surface area contributed by atoms with Gasteiger partial charge < -0.3 is 5.32 Å². The summed E-state index contributed by atoms with van der Waals surface area (Å²) in [6, 6.07) is 15.6. The van der Waals surface area contributed by atoms with Gasteiger partial charge in [-0.25, -0.2) is 4.98 Å². The van der Waals surface area contributed by atoms with Gasteiger partial charge >= 0.3 is 0 Å². The van der Waals surface area contributed by atoms with Crippen LogP contribution in [0.15, 0.2) is 53.0 Å². The second-order valence-corrected chi connectivity index (χ2v) is 10.5. The standard InChI is InChI=1S/C25H24BrClN2O/c1-24-9-12-25(13-10-24,14-11-24)29-23(30)20-18-15-17(26)7-8-19(18)28-22(21(20)27)16-5-3-2-4-6-16/h2-8,15H,9-14H2,1H3,(H,29,30). The van der Waals surface area contributed by atoms with Gasteiger partial charge in [-0.1, -0.05) is 64.8 Å². The fourth-order valence-corrected chi connectivity index (χ4v) is 5.79. The smallest absolute Gasteiger partial charge is 0.253 e. The van der Waals surface area contributed by atoms with Crippen LogP contribution in [0.2, 0.25) is 5.02 Å². The molecule has 0 radical (unpaired) electrons. The van der Waals surface area contributed by atoms with Crippen molar-refractivity contribution in [2.24, 2.45) is 5.41 Å². The van der Waals surface area contributed by atoms with Gasteiger partial charge in [-0.15, -0.1) is 0 Å². The Labute approximate surface area is 190 Å². The molecule has 0 saturated heterocycles. The Morgan fingerprint density at radius 1 is 1.03 bits per heavy atom. The predicted octanol–water partition coefficient (Wildman–Crippen LogP) is 7.16. The van der Waals surface area contributed by atoms with Gasteiger partial charge in [0.2, 0.25) is 0 Å². The summed E-state index contributed by atoms with van der Waals surface area (Å²) < 4.78 is 0.902. The maximum absolute atomic E-state index is 13.7. The Bertz CT molecular complexity index is 1120. The molecule has 3 nitrogen and oxygen atoms in total. The van der Waals surface area contributed by atoms with Gasteiger partial charge in [0.25, 0.3) is 5.91 Å². The average molecular weight is 484 g/mol. The zero-order valence-corrected chi connectivity index (χ0v) is 19.3. The van der Waals surface area contributed by atoms with Crippen LogP contribution < -0.4 is 5.32 Å². The molecule has 30 heavy (non-hydrogen) atoms. The molecular weight excluding hydrogens is 460 g/mol. The zero-order valence-electron chi connectivity index (χ0n) is 17.0. The van der Waals surface area contributed by atoms with E-state index in [0.29, 0.717) is 21.7 Å². The molecule has 3 aliphatic carbocycles. The van der Waals surface area contributed by atoms with Crippen molar-refractivity contribution in [3.8, 4) is 11.3 Å². The maximum Gasteiger partial charge on any atom is 0.253 e. The highest BCUT2D eigenvalue weighted by Crippen LogP contribution is 2.52. The van der Waals surface area contributed by atoms with Gasteiger partial charge in [0, 0.05) is 21.0 Å². The van der Waals surface area contributed by atoms with Crippen LogP contribution in [0.25, 0.3) is 22.2 Å². The Kier molecular flexibility index (Phi) is 4.90. The molecule has 2 aromatic carbocycles. The summed E-state index contributed by atoms with van der Waals surface area (Å²) in [5.74, 6) is -0.0896. The molecule has 3 fully saturated rings. The molecule has 3 aliphatic rings. The molecule has 2 bridgehead atoms. The lowest BCUT2D eigenvalue weighted by molar-refractivity contribution is 0.0340. The summed E-state index contributed by atoms with van der Waals surface area (Å²) in [5.41, 5.74) is 3.20. The average Bonchev–Trinajstić information content (AvgIpc) is 2.75. The van der Waals surface area contributed by atoms with E-state index < -0.39 is 0 Å². The van der Waals surface area contributed by atoms with E-state index in [1.807, 2.05) is 48.5 Å². The largest absolute Gasteiger partial charge is 0.347 e. The van der Waals surface area contributed by atoms with Crippen molar-refractivity contribution < 1.29 is 4.79 Å². The fourth-order valence-electron chi connectivity index (χ4n) is 5.09. The van der Waals surface area contributed by atoms with Crippen molar-refractivity contribution in [2.45, 2.75) is 51.0 Å². The van der Waals surface area contributed by atoms with E-state index in [1.165, 1.54) is 19.3 Å². The van der Waals surface area contributed by atoms with Gasteiger partial charge in [-0.2, -0.15) is 0 Å². The highest BCUT2D eigenvalue weighted by Gasteiger charge is 2.47. The molecule has 154 valence electrons. The van der Waals surface area contributed by atoms with E-state index in [-0.39, 0.29) is 11.4 Å². The summed E-state index contributed by atoms with van der Waals surface area (Å²) in [6.45, 7) is 2.38. The summed E-state index contributed by atoms with van der Waals surface area (Å²) in [5, 5.41) is 4.61. The van der Waals surface area contributed by atoms with E-state index in [9.17, 15) is 4.79 Å². The number of nitrogens with one attached hydrogen (secondary N) is 1. The number of nitrogens with zero attached hydrogens (tertiary/aromatic N) is 1. The number of fused-ring (bicyclic) bond motifs is 4. The van der Waals surface area contributed by atoms with Crippen LogP contribution in [0.5, 0.6) is 0 Å². The molecule has 1 N–H and O–H groups in total. The van der Waals surface area contributed by atoms with Crippen LogP contribution in [0.1, 0.15) is 55.8 Å². The van der Waals surface area contributed by atoms with Crippen LogP contribution >= 0.6 is 27.5 Å². The Hall–Kier alpha value is -1.91. The predicted molar refractivity (Wildman–Crippen MR) is 126 cm³/mol. The van der Waals surface area contributed by atoms with E-state index in [1.54, 1.807) is 0 Å². The molecular formula is C25H24BrClN2O. The monoisotopic (exact) mass is 482 g/mol. The quantitative estimate of drug-likeness (QED) is 0.429. The third-order valence-corrected chi connectivity index (χ3v) is 8.02. The maximum atomic E-state index is 13.7. The highest BCUT2D eigenvalue weighted by atomic mass is 79.9. The van der Waals surface area contributed by atoms with Crippen LogP contribution in [-0.4, -0.2) is 16.4 Å². The first-order valence-corrected chi connectivity index (χ1v) is 11.7. The number of benzene rings is 2. The normalized spacial score (nSPS) is 25.4. The topological polar surface area (TPSA) is 42.0 Å². The number of aromatic nitrogens is 1. The molecule has 3 saturated carbocycles. The van der Waals surface area contributed by atoms with Crippen molar-refractivity contribution >= 4 is 44.3 Å². The van der Waals surface area contributed by atoms with Gasteiger partial charge in [-0.3, -0.25) is 4.79 Å². The lowest BCUT2D eigenvalue weighted by atomic mass is 9.58. The zero-order chi connectivity index (χ0) is 20.9. The van der Waals surface area contributed by atoms with Gasteiger partial charge in [0.15, 0.2) is 0 Å². The minimum absolute atomic E-state index is 0.0896. The number of carbonyl (C=O) groups is 1. The molecule has 1 amide bonds. The summed E-state index contributed by atoms with van der Waals surface area (Å²) >= 11 is 10.4. The SMILES string of the molecule is CC12CCC(NC(=O)c3c(Cl)c(-c4ccccc4)nc4ccc(Br)cc34)(CC1)CC2. The molecule has 3 aromatic rings. The molecule has 0 spiro atoms. The first-order valence-electron chi connectivity index (χ1n) is 10.5. The van der Waals surface area contributed by atoms with Gasteiger partial charge in [-0.05, 0) is 62.1 Å². The molecule has 0 atom stereocenters. The van der Waals surface area contributed by atoms with Crippen LogP contribution in [0, 0.1) is 5.41 Å². The third kappa shape index (κ3) is 3.44. The number of hydrogen-bond acceptors (Lipinski definition) is 2. The fraction of sp³-hybridized carbons (Fsp3) is 0.360. The number of pyridine rings is 1. The van der Waals surface area contributed by atoms with Crippen molar-refractivity contribution in [3.63, 3.8) is 0 Å². The Morgan fingerprint density at radius 3 is 2.37 bits per heavy atom. The van der Waals surface area contributed by atoms with Crippen molar-refractivity contribution in [2.75, 3.05) is 0 Å². The van der Waals surface area contributed by atoms with E-state index >= 15 is 0 Å². The summed E-state index contributed by atoms with van der Waals surface area (Å²) in [4.78, 5) is 18.5.